The van der Waals surface area contributed by atoms with Crippen molar-refractivity contribution in [1.82, 2.24) is 14.8 Å². The van der Waals surface area contributed by atoms with Crippen molar-refractivity contribution in [3.05, 3.63) is 41.0 Å². The van der Waals surface area contributed by atoms with E-state index >= 15 is 0 Å². The third kappa shape index (κ3) is 1.92. The Labute approximate surface area is 101 Å². The van der Waals surface area contributed by atoms with Crippen molar-refractivity contribution in [3.63, 3.8) is 0 Å². The van der Waals surface area contributed by atoms with Crippen LogP contribution in [0.2, 0.25) is 0 Å². The van der Waals surface area contributed by atoms with Crippen molar-refractivity contribution in [2.24, 2.45) is 0 Å². The Hall–Kier alpha value is -2.15. The van der Waals surface area contributed by atoms with E-state index in [1.807, 2.05) is 23.7 Å². The number of hydrogen-bond donors (Lipinski definition) is 0. The Morgan fingerprint density at radius 1 is 1.35 bits per heavy atom. The Bertz CT molecular complexity index is 573. The zero-order chi connectivity index (χ0) is 12.4. The average molecular weight is 226 g/mol. The van der Waals surface area contributed by atoms with Crippen molar-refractivity contribution in [2.75, 3.05) is 0 Å². The lowest BCUT2D eigenvalue weighted by atomic mass is 10.1. The minimum Gasteiger partial charge on any atom is -0.243 e. The average Bonchev–Trinajstić information content (AvgIpc) is 2.64. The van der Waals surface area contributed by atoms with Gasteiger partial charge in [-0.2, -0.15) is 10.4 Å². The first-order valence-electron chi connectivity index (χ1n) is 5.59. The van der Waals surface area contributed by atoms with Gasteiger partial charge in [0, 0.05) is 5.69 Å². The van der Waals surface area contributed by atoms with Gasteiger partial charge in [0.1, 0.15) is 11.8 Å². The van der Waals surface area contributed by atoms with E-state index in [2.05, 4.69) is 23.9 Å². The molecule has 86 valence electrons. The van der Waals surface area contributed by atoms with Gasteiger partial charge in [0.25, 0.3) is 0 Å². The zero-order valence-electron chi connectivity index (χ0n) is 10.2. The van der Waals surface area contributed by atoms with Gasteiger partial charge in [0.2, 0.25) is 0 Å². The Kier molecular flexibility index (Phi) is 2.92. The van der Waals surface area contributed by atoms with E-state index in [0.717, 1.165) is 23.5 Å². The molecule has 0 radical (unpaired) electrons. The van der Waals surface area contributed by atoms with Gasteiger partial charge in [-0.05, 0) is 38.0 Å². The Balaban J connectivity index is 2.50. The van der Waals surface area contributed by atoms with E-state index in [1.165, 1.54) is 5.56 Å². The molecular weight excluding hydrogens is 212 g/mol. The predicted molar refractivity (Wildman–Crippen MR) is 64.9 cm³/mol. The van der Waals surface area contributed by atoms with Gasteiger partial charge in [0.15, 0.2) is 0 Å². The molecule has 0 aliphatic rings. The van der Waals surface area contributed by atoms with Crippen LogP contribution in [0.1, 0.15) is 29.6 Å². The second kappa shape index (κ2) is 4.38. The smallest absolute Gasteiger partial charge is 0.140 e. The molecule has 0 saturated carbocycles. The normalized spacial score (nSPS) is 10.2. The molecule has 0 amide bonds. The molecule has 0 bridgehead atoms. The van der Waals surface area contributed by atoms with Crippen molar-refractivity contribution in [2.45, 2.75) is 27.2 Å². The van der Waals surface area contributed by atoms with Crippen LogP contribution < -0.4 is 0 Å². The summed E-state index contributed by atoms with van der Waals surface area (Å²) < 4.78 is 1.88. The van der Waals surface area contributed by atoms with E-state index in [4.69, 9.17) is 5.26 Å². The predicted octanol–water partition coefficient (Wildman–Crippen LogP) is 2.32. The fourth-order valence-electron chi connectivity index (χ4n) is 2.02. The van der Waals surface area contributed by atoms with Crippen LogP contribution in [-0.2, 0) is 6.42 Å². The first-order chi connectivity index (χ1) is 8.17. The van der Waals surface area contributed by atoms with Crippen LogP contribution in [0.25, 0.3) is 5.69 Å². The minimum atomic E-state index is 0.422. The number of rotatable bonds is 2. The molecule has 0 fully saturated rings. The Morgan fingerprint density at radius 2 is 2.12 bits per heavy atom. The lowest BCUT2D eigenvalue weighted by molar-refractivity contribution is 0.827. The summed E-state index contributed by atoms with van der Waals surface area (Å²) in [6, 6.07) is 5.58. The summed E-state index contributed by atoms with van der Waals surface area (Å²) in [6.45, 7) is 6.19. The summed E-state index contributed by atoms with van der Waals surface area (Å²) in [6.07, 6.45) is 2.65. The summed E-state index contributed by atoms with van der Waals surface area (Å²) in [5.74, 6) is 0. The van der Waals surface area contributed by atoms with Gasteiger partial charge in [-0.3, -0.25) is 0 Å². The minimum absolute atomic E-state index is 0.422. The Morgan fingerprint density at radius 3 is 2.59 bits per heavy atom. The van der Waals surface area contributed by atoms with Crippen LogP contribution in [0.3, 0.4) is 0 Å². The molecule has 0 aliphatic carbocycles. The highest BCUT2D eigenvalue weighted by Crippen LogP contribution is 2.17. The molecule has 0 spiro atoms. The van der Waals surface area contributed by atoms with Crippen LogP contribution in [0.5, 0.6) is 0 Å². The van der Waals surface area contributed by atoms with Crippen LogP contribution in [0, 0.1) is 25.2 Å². The number of aromatic nitrogens is 3. The van der Waals surface area contributed by atoms with E-state index in [-0.39, 0.29) is 0 Å². The third-order valence-electron chi connectivity index (χ3n) is 2.90. The summed E-state index contributed by atoms with van der Waals surface area (Å²) in [5, 5.41) is 13.2. The second-order valence-electron chi connectivity index (χ2n) is 3.93. The van der Waals surface area contributed by atoms with Gasteiger partial charge in [-0.15, -0.1) is 0 Å². The summed E-state index contributed by atoms with van der Waals surface area (Å²) in [7, 11) is 0. The van der Waals surface area contributed by atoms with Gasteiger partial charge in [0.05, 0.1) is 17.6 Å². The quantitative estimate of drug-likeness (QED) is 0.789. The number of nitrogens with zero attached hydrogens (tertiary/aromatic N) is 4. The van der Waals surface area contributed by atoms with E-state index in [0.29, 0.717) is 5.69 Å². The molecule has 0 atom stereocenters. The molecule has 0 unspecified atom stereocenters. The molecule has 2 heterocycles. The molecule has 0 saturated heterocycles. The first-order valence-corrected chi connectivity index (χ1v) is 5.59. The number of hydrogen-bond acceptors (Lipinski definition) is 3. The van der Waals surface area contributed by atoms with Gasteiger partial charge < -0.3 is 0 Å². The van der Waals surface area contributed by atoms with Crippen molar-refractivity contribution in [3.8, 4) is 11.8 Å². The highest BCUT2D eigenvalue weighted by molar-refractivity contribution is 5.37. The van der Waals surface area contributed by atoms with Crippen LogP contribution in [0.4, 0.5) is 0 Å². The molecular formula is C13H14N4. The van der Waals surface area contributed by atoms with E-state index < -0.39 is 0 Å². The largest absolute Gasteiger partial charge is 0.243 e. The van der Waals surface area contributed by atoms with Crippen molar-refractivity contribution >= 4 is 0 Å². The van der Waals surface area contributed by atoms with E-state index in [9.17, 15) is 0 Å². The van der Waals surface area contributed by atoms with Gasteiger partial charge >= 0.3 is 0 Å². The molecule has 4 heteroatoms. The van der Waals surface area contributed by atoms with Crippen molar-refractivity contribution in [1.29, 1.82) is 5.26 Å². The molecule has 2 rings (SSSR count). The molecule has 2 aromatic heterocycles. The van der Waals surface area contributed by atoms with Gasteiger partial charge in [-0.1, -0.05) is 6.92 Å². The highest BCUT2D eigenvalue weighted by Gasteiger charge is 2.11. The summed E-state index contributed by atoms with van der Waals surface area (Å²) >= 11 is 0. The summed E-state index contributed by atoms with van der Waals surface area (Å²) in [4.78, 5) is 4.06. The SMILES string of the molecule is CCc1c(C)nn(-c2ccc(C#N)nc2)c1C. The molecule has 0 aromatic carbocycles. The maximum absolute atomic E-state index is 8.71. The fourth-order valence-corrected chi connectivity index (χ4v) is 2.02. The second-order valence-corrected chi connectivity index (χ2v) is 3.93. The molecule has 0 N–H and O–H groups in total. The maximum atomic E-state index is 8.71. The number of aryl methyl sites for hydroxylation is 1. The third-order valence-corrected chi connectivity index (χ3v) is 2.90. The molecule has 4 nitrogen and oxygen atoms in total. The van der Waals surface area contributed by atoms with Crippen LogP contribution in [0.15, 0.2) is 18.3 Å². The lowest BCUT2D eigenvalue weighted by Crippen LogP contribution is -2.00. The zero-order valence-corrected chi connectivity index (χ0v) is 10.2. The van der Waals surface area contributed by atoms with Crippen LogP contribution >= 0.6 is 0 Å². The van der Waals surface area contributed by atoms with E-state index in [1.54, 1.807) is 12.3 Å². The topological polar surface area (TPSA) is 54.5 Å². The van der Waals surface area contributed by atoms with Gasteiger partial charge in [-0.25, -0.2) is 9.67 Å². The lowest BCUT2D eigenvalue weighted by Gasteiger charge is -2.04. The number of pyridine rings is 1. The van der Waals surface area contributed by atoms with Crippen molar-refractivity contribution < 1.29 is 0 Å². The maximum Gasteiger partial charge on any atom is 0.140 e. The molecule has 17 heavy (non-hydrogen) atoms. The fraction of sp³-hybridized carbons (Fsp3) is 0.308. The summed E-state index contributed by atoms with van der Waals surface area (Å²) in [5.41, 5.74) is 4.77. The van der Waals surface area contributed by atoms with Crippen LogP contribution in [-0.4, -0.2) is 14.8 Å². The monoisotopic (exact) mass is 226 g/mol. The first kappa shape index (κ1) is 11.3. The number of nitriles is 1. The molecule has 0 aliphatic heterocycles. The molecule has 2 aromatic rings. The standard InChI is InChI=1S/C13H14N4/c1-4-13-9(2)16-17(10(13)3)12-6-5-11(7-14)15-8-12/h5-6,8H,4H2,1-3H3. The highest BCUT2D eigenvalue weighted by atomic mass is 15.3.